The van der Waals surface area contributed by atoms with E-state index in [0.29, 0.717) is 5.75 Å². The molecule has 178 valence electrons. The van der Waals surface area contributed by atoms with Gasteiger partial charge >= 0.3 is 0 Å². The van der Waals surface area contributed by atoms with Gasteiger partial charge in [-0.25, -0.2) is 12.8 Å². The molecule has 0 aliphatic heterocycles. The highest BCUT2D eigenvalue weighted by Gasteiger charge is 2.22. The summed E-state index contributed by atoms with van der Waals surface area (Å²) in [5.74, 6) is 0.0337. The summed E-state index contributed by atoms with van der Waals surface area (Å²) >= 11 is 0. The molecule has 0 saturated heterocycles. The Morgan fingerprint density at radius 3 is 2.41 bits per heavy atom. The Balaban J connectivity index is 1.90. The minimum atomic E-state index is -4.16. The van der Waals surface area contributed by atoms with Crippen molar-refractivity contribution in [3.8, 4) is 11.5 Å². The van der Waals surface area contributed by atoms with Crippen LogP contribution >= 0.6 is 0 Å². The zero-order chi connectivity index (χ0) is 24.9. The molecule has 0 bridgehead atoms. The van der Waals surface area contributed by atoms with E-state index in [1.807, 2.05) is 0 Å². The highest BCUT2D eigenvalue weighted by atomic mass is 32.2. The average Bonchev–Trinajstić information content (AvgIpc) is 2.82. The Morgan fingerprint density at radius 1 is 1.03 bits per heavy atom. The molecule has 3 rings (SSSR count). The van der Waals surface area contributed by atoms with Crippen LogP contribution in [0.3, 0.4) is 0 Å². The van der Waals surface area contributed by atoms with Crippen molar-refractivity contribution in [1.29, 1.82) is 0 Å². The number of nitrogens with one attached hydrogen (secondary N) is 2. The molecule has 0 aliphatic carbocycles. The van der Waals surface area contributed by atoms with Crippen LogP contribution in [0.1, 0.15) is 12.5 Å². The number of anilines is 2. The number of rotatable bonds is 9. The van der Waals surface area contributed by atoms with Crippen LogP contribution in [-0.4, -0.2) is 33.3 Å². The molecule has 2 N–H and O–H groups in total. The first-order chi connectivity index (χ1) is 16.2. The third kappa shape index (κ3) is 5.41. The topological polar surface area (TPSA) is 132 Å². The van der Waals surface area contributed by atoms with E-state index in [1.165, 1.54) is 51.5 Å². The summed E-state index contributed by atoms with van der Waals surface area (Å²) < 4.78 is 52.3. The lowest BCUT2D eigenvalue weighted by molar-refractivity contribution is -0.384. The standard InChI is InChI=1S/C22H21FN4O6S/c1-14(17-10-8-15(32-2)12-18(17)23)24-25-19-11-9-16(13-21(19)27(28)29)34(30,31)26-20-6-4-5-7-22(20)33-3/h4-13,25-26H,1-3H3/b24-14+. The van der Waals surface area contributed by atoms with Crippen LogP contribution < -0.4 is 19.6 Å². The largest absolute Gasteiger partial charge is 0.497 e. The molecule has 0 saturated carbocycles. The molecular weight excluding hydrogens is 467 g/mol. The van der Waals surface area contributed by atoms with Gasteiger partial charge in [-0.1, -0.05) is 12.1 Å². The molecule has 3 aromatic rings. The van der Waals surface area contributed by atoms with Crippen molar-refractivity contribution in [3.63, 3.8) is 0 Å². The molecule has 10 nitrogen and oxygen atoms in total. The fraction of sp³-hybridized carbons (Fsp3) is 0.136. The van der Waals surface area contributed by atoms with Crippen molar-refractivity contribution in [2.45, 2.75) is 11.8 Å². The molecule has 0 unspecified atom stereocenters. The normalized spacial score (nSPS) is 11.6. The number of hydrogen-bond acceptors (Lipinski definition) is 8. The summed E-state index contributed by atoms with van der Waals surface area (Å²) in [6.07, 6.45) is 0. The third-order valence-electron chi connectivity index (χ3n) is 4.74. The molecule has 0 fully saturated rings. The predicted molar refractivity (Wildman–Crippen MR) is 126 cm³/mol. The summed E-state index contributed by atoms with van der Waals surface area (Å²) in [5, 5.41) is 15.6. The van der Waals surface area contributed by atoms with Gasteiger partial charge in [0.05, 0.1) is 35.4 Å². The van der Waals surface area contributed by atoms with Gasteiger partial charge in [0.15, 0.2) is 0 Å². The Morgan fingerprint density at radius 2 is 1.76 bits per heavy atom. The van der Waals surface area contributed by atoms with Gasteiger partial charge in [-0.05, 0) is 43.3 Å². The maximum atomic E-state index is 14.3. The van der Waals surface area contributed by atoms with E-state index in [1.54, 1.807) is 24.3 Å². The van der Waals surface area contributed by atoms with Crippen molar-refractivity contribution in [2.75, 3.05) is 24.4 Å². The lowest BCUT2D eigenvalue weighted by Crippen LogP contribution is -2.14. The van der Waals surface area contributed by atoms with Crippen LogP contribution in [0.25, 0.3) is 0 Å². The molecule has 0 heterocycles. The maximum Gasteiger partial charge on any atom is 0.295 e. The third-order valence-corrected chi connectivity index (χ3v) is 6.10. The minimum Gasteiger partial charge on any atom is -0.497 e. The summed E-state index contributed by atoms with van der Waals surface area (Å²) in [6.45, 7) is 1.51. The highest BCUT2D eigenvalue weighted by Crippen LogP contribution is 2.31. The number of halogens is 1. The van der Waals surface area contributed by atoms with E-state index in [0.717, 1.165) is 6.07 Å². The van der Waals surface area contributed by atoms with Crippen LogP contribution in [0.4, 0.5) is 21.5 Å². The van der Waals surface area contributed by atoms with Gasteiger partial charge in [-0.2, -0.15) is 5.10 Å². The van der Waals surface area contributed by atoms with Crippen LogP contribution in [0.5, 0.6) is 11.5 Å². The summed E-state index contributed by atoms with van der Waals surface area (Å²) in [7, 11) is -1.37. The number of nitro benzene ring substituents is 1. The first-order valence-electron chi connectivity index (χ1n) is 9.74. The van der Waals surface area contributed by atoms with Gasteiger partial charge in [0, 0.05) is 17.7 Å². The van der Waals surface area contributed by atoms with Crippen molar-refractivity contribution in [3.05, 3.63) is 82.2 Å². The van der Waals surface area contributed by atoms with Crippen molar-refractivity contribution in [1.82, 2.24) is 0 Å². The number of sulfonamides is 1. The number of methoxy groups -OCH3 is 2. The molecule has 0 atom stereocenters. The van der Waals surface area contributed by atoms with E-state index >= 15 is 0 Å². The lowest BCUT2D eigenvalue weighted by atomic mass is 10.1. The zero-order valence-corrected chi connectivity index (χ0v) is 19.2. The van der Waals surface area contributed by atoms with Crippen molar-refractivity contribution < 1.29 is 27.2 Å². The Kier molecular flexibility index (Phi) is 7.31. The van der Waals surface area contributed by atoms with Crippen molar-refractivity contribution in [2.24, 2.45) is 5.10 Å². The maximum absolute atomic E-state index is 14.3. The Hall–Kier alpha value is -4.19. The van der Waals surface area contributed by atoms with Crippen LogP contribution in [-0.2, 0) is 10.0 Å². The molecule has 3 aromatic carbocycles. The minimum absolute atomic E-state index is 0.0745. The Bertz CT molecular complexity index is 1360. The molecule has 34 heavy (non-hydrogen) atoms. The molecule has 12 heteroatoms. The second-order valence-electron chi connectivity index (χ2n) is 6.90. The second kappa shape index (κ2) is 10.2. The average molecular weight is 488 g/mol. The molecule has 0 aromatic heterocycles. The van der Waals surface area contributed by atoms with Gasteiger partial charge in [0.25, 0.3) is 15.7 Å². The lowest BCUT2D eigenvalue weighted by Gasteiger charge is -2.12. The smallest absolute Gasteiger partial charge is 0.295 e. The summed E-state index contributed by atoms with van der Waals surface area (Å²) in [5.41, 5.74) is 2.45. The number of hydrazone groups is 1. The van der Waals surface area contributed by atoms with E-state index in [4.69, 9.17) is 9.47 Å². The number of nitrogens with zero attached hydrogens (tertiary/aromatic N) is 2. The first-order valence-corrected chi connectivity index (χ1v) is 11.2. The second-order valence-corrected chi connectivity index (χ2v) is 8.58. The van der Waals surface area contributed by atoms with Crippen LogP contribution in [0, 0.1) is 15.9 Å². The van der Waals surface area contributed by atoms with Crippen LogP contribution in [0.15, 0.2) is 70.7 Å². The SMILES string of the molecule is COc1ccc(/C(C)=N/Nc2ccc(S(=O)(=O)Nc3ccccc3OC)cc2[N+](=O)[O-])c(F)c1. The van der Waals surface area contributed by atoms with E-state index in [9.17, 15) is 22.9 Å². The van der Waals surface area contributed by atoms with Gasteiger partial charge in [0.2, 0.25) is 0 Å². The number of hydrogen-bond donors (Lipinski definition) is 2. The Labute approximate surface area is 195 Å². The van der Waals surface area contributed by atoms with E-state index in [-0.39, 0.29) is 33.3 Å². The predicted octanol–water partition coefficient (Wildman–Crippen LogP) is 4.39. The van der Waals surface area contributed by atoms with Gasteiger partial charge in [-0.3, -0.25) is 20.3 Å². The van der Waals surface area contributed by atoms with E-state index < -0.39 is 26.5 Å². The van der Waals surface area contributed by atoms with E-state index in [2.05, 4.69) is 15.2 Å². The van der Waals surface area contributed by atoms with Gasteiger partial charge in [0.1, 0.15) is 23.0 Å². The summed E-state index contributed by atoms with van der Waals surface area (Å²) in [4.78, 5) is 10.5. The highest BCUT2D eigenvalue weighted by molar-refractivity contribution is 7.92. The molecular formula is C22H21FN4O6S. The van der Waals surface area contributed by atoms with Gasteiger partial charge < -0.3 is 9.47 Å². The molecule has 0 spiro atoms. The fourth-order valence-electron chi connectivity index (χ4n) is 2.98. The zero-order valence-electron chi connectivity index (χ0n) is 18.4. The number of benzene rings is 3. The monoisotopic (exact) mass is 488 g/mol. The molecule has 0 amide bonds. The number of nitro groups is 1. The molecule has 0 aliphatic rings. The molecule has 0 radical (unpaired) electrons. The van der Waals surface area contributed by atoms with Gasteiger partial charge in [-0.15, -0.1) is 0 Å². The number of para-hydroxylation sites is 2. The number of ether oxygens (including phenoxy) is 2. The van der Waals surface area contributed by atoms with Crippen LogP contribution in [0.2, 0.25) is 0 Å². The first kappa shape index (κ1) is 24.5. The quantitative estimate of drug-likeness (QED) is 0.259. The summed E-state index contributed by atoms with van der Waals surface area (Å²) in [6, 6.07) is 13.8. The van der Waals surface area contributed by atoms with Crippen molar-refractivity contribution >= 4 is 32.8 Å². The fourth-order valence-corrected chi connectivity index (χ4v) is 4.07.